The van der Waals surface area contributed by atoms with Gasteiger partial charge in [0.15, 0.2) is 0 Å². The van der Waals surface area contributed by atoms with Gasteiger partial charge in [0.25, 0.3) is 0 Å². The molecular formula is C17H25NO3. The number of amides is 1. The summed E-state index contributed by atoms with van der Waals surface area (Å²) >= 11 is 0. The molecule has 0 spiro atoms. The number of rotatable bonds is 6. The summed E-state index contributed by atoms with van der Waals surface area (Å²) in [5, 5.41) is 12.8. The van der Waals surface area contributed by atoms with Crippen molar-refractivity contribution in [2.75, 3.05) is 13.2 Å². The lowest BCUT2D eigenvalue weighted by atomic mass is 9.86. The molecule has 2 rings (SSSR count). The number of ether oxygens (including phenoxy) is 1. The van der Waals surface area contributed by atoms with Crippen molar-refractivity contribution in [2.24, 2.45) is 5.92 Å². The van der Waals surface area contributed by atoms with Crippen LogP contribution in [0.4, 0.5) is 0 Å². The Hall–Kier alpha value is -1.55. The fraction of sp³-hybridized carbons (Fsp3) is 0.588. The Kier molecular flexibility index (Phi) is 6.05. The fourth-order valence-electron chi connectivity index (χ4n) is 2.73. The van der Waals surface area contributed by atoms with Crippen LogP contribution in [-0.2, 0) is 4.79 Å². The molecular weight excluding hydrogens is 266 g/mol. The third kappa shape index (κ3) is 5.38. The van der Waals surface area contributed by atoms with E-state index in [1.165, 1.54) is 0 Å². The number of aryl methyl sites for hydroxylation is 1. The van der Waals surface area contributed by atoms with Crippen LogP contribution in [0.1, 0.15) is 37.7 Å². The van der Waals surface area contributed by atoms with Gasteiger partial charge in [-0.3, -0.25) is 4.79 Å². The van der Waals surface area contributed by atoms with Crippen LogP contribution < -0.4 is 10.1 Å². The predicted molar refractivity (Wildman–Crippen MR) is 82.3 cm³/mol. The van der Waals surface area contributed by atoms with Crippen molar-refractivity contribution in [3.63, 3.8) is 0 Å². The van der Waals surface area contributed by atoms with Crippen LogP contribution >= 0.6 is 0 Å². The van der Waals surface area contributed by atoms with E-state index in [4.69, 9.17) is 4.74 Å². The van der Waals surface area contributed by atoms with Gasteiger partial charge >= 0.3 is 0 Å². The molecule has 4 heteroatoms. The maximum atomic E-state index is 11.8. The van der Waals surface area contributed by atoms with Crippen LogP contribution in [0.5, 0.6) is 5.75 Å². The number of nitrogens with one attached hydrogen (secondary N) is 1. The topological polar surface area (TPSA) is 58.6 Å². The molecule has 0 radical (unpaired) electrons. The summed E-state index contributed by atoms with van der Waals surface area (Å²) in [6.45, 7) is 2.96. The molecule has 0 aromatic heterocycles. The first-order valence-corrected chi connectivity index (χ1v) is 7.79. The number of aliphatic hydroxyl groups is 1. The van der Waals surface area contributed by atoms with Crippen LogP contribution in [-0.4, -0.2) is 30.3 Å². The van der Waals surface area contributed by atoms with Crippen molar-refractivity contribution in [3.05, 3.63) is 29.8 Å². The second-order valence-corrected chi connectivity index (χ2v) is 5.83. The van der Waals surface area contributed by atoms with Gasteiger partial charge in [0, 0.05) is 12.5 Å². The van der Waals surface area contributed by atoms with Gasteiger partial charge in [0.1, 0.15) is 5.75 Å². The number of hydrogen-bond acceptors (Lipinski definition) is 3. The summed E-state index contributed by atoms with van der Waals surface area (Å²) in [6.07, 6.45) is 4.18. The third-order valence-corrected chi connectivity index (χ3v) is 4.02. The summed E-state index contributed by atoms with van der Waals surface area (Å²) in [5.74, 6) is 0.992. The predicted octanol–water partition coefficient (Wildman–Crippen LogP) is 2.43. The number of carbonyl (C=O) groups is 1. The van der Waals surface area contributed by atoms with Crippen molar-refractivity contribution >= 4 is 5.91 Å². The molecule has 2 N–H and O–H groups in total. The maximum absolute atomic E-state index is 11.8. The Labute approximate surface area is 126 Å². The molecule has 1 aromatic carbocycles. The first-order chi connectivity index (χ1) is 10.1. The highest BCUT2D eigenvalue weighted by Gasteiger charge is 2.23. The number of benzene rings is 1. The van der Waals surface area contributed by atoms with Crippen LogP contribution in [0, 0.1) is 12.8 Å². The van der Waals surface area contributed by atoms with E-state index in [1.807, 2.05) is 31.2 Å². The van der Waals surface area contributed by atoms with Crippen molar-refractivity contribution < 1.29 is 14.6 Å². The van der Waals surface area contributed by atoms with Crippen molar-refractivity contribution in [3.8, 4) is 5.75 Å². The van der Waals surface area contributed by atoms with Gasteiger partial charge in [-0.1, -0.05) is 25.0 Å². The molecule has 4 nitrogen and oxygen atoms in total. The quantitative estimate of drug-likeness (QED) is 0.846. The highest BCUT2D eigenvalue weighted by molar-refractivity contribution is 5.75. The molecule has 116 valence electrons. The molecule has 1 aliphatic rings. The highest BCUT2D eigenvalue weighted by Crippen LogP contribution is 2.23. The smallest absolute Gasteiger partial charge is 0.223 e. The van der Waals surface area contributed by atoms with E-state index in [2.05, 4.69) is 5.32 Å². The van der Waals surface area contributed by atoms with Gasteiger partial charge < -0.3 is 15.2 Å². The summed E-state index contributed by atoms with van der Waals surface area (Å²) < 4.78 is 5.56. The molecule has 2 atom stereocenters. The van der Waals surface area contributed by atoms with E-state index >= 15 is 0 Å². The van der Waals surface area contributed by atoms with Gasteiger partial charge in [-0.25, -0.2) is 0 Å². The minimum Gasteiger partial charge on any atom is -0.493 e. The molecule has 2 unspecified atom stereocenters. The minimum atomic E-state index is -0.261. The largest absolute Gasteiger partial charge is 0.493 e. The Balaban J connectivity index is 1.63. The normalized spacial score (nSPS) is 21.8. The van der Waals surface area contributed by atoms with Crippen molar-refractivity contribution in [1.29, 1.82) is 0 Å². The van der Waals surface area contributed by atoms with Gasteiger partial charge in [0.2, 0.25) is 5.91 Å². The summed E-state index contributed by atoms with van der Waals surface area (Å²) in [4.78, 5) is 11.8. The Morgan fingerprint density at radius 3 is 2.95 bits per heavy atom. The minimum absolute atomic E-state index is 0.0135. The summed E-state index contributed by atoms with van der Waals surface area (Å²) in [6, 6.07) is 7.80. The van der Waals surface area contributed by atoms with E-state index in [-0.39, 0.29) is 17.9 Å². The number of carbonyl (C=O) groups excluding carboxylic acids is 1. The molecule has 1 aromatic rings. The first kappa shape index (κ1) is 15.8. The van der Waals surface area contributed by atoms with Gasteiger partial charge in [0.05, 0.1) is 19.1 Å². The lowest BCUT2D eigenvalue weighted by Gasteiger charge is -2.27. The fourth-order valence-corrected chi connectivity index (χ4v) is 2.73. The van der Waals surface area contributed by atoms with E-state index in [0.717, 1.165) is 37.0 Å². The Morgan fingerprint density at radius 2 is 2.19 bits per heavy atom. The molecule has 0 bridgehead atoms. The van der Waals surface area contributed by atoms with Crippen molar-refractivity contribution in [1.82, 2.24) is 5.32 Å². The molecule has 1 aliphatic carbocycles. The zero-order valence-corrected chi connectivity index (χ0v) is 12.7. The molecule has 1 saturated carbocycles. The van der Waals surface area contributed by atoms with Gasteiger partial charge in [-0.15, -0.1) is 0 Å². The Morgan fingerprint density at radius 1 is 1.38 bits per heavy atom. The third-order valence-electron chi connectivity index (χ3n) is 4.02. The van der Waals surface area contributed by atoms with Crippen LogP contribution in [0.25, 0.3) is 0 Å². The van der Waals surface area contributed by atoms with E-state index in [1.54, 1.807) is 0 Å². The summed E-state index contributed by atoms with van der Waals surface area (Å²) in [7, 11) is 0. The standard InChI is InChI=1S/C17H25NO3/c1-13-5-4-7-15(11-13)21-10-9-17(20)18-12-14-6-2-3-8-16(14)19/h4-5,7,11,14,16,19H,2-3,6,8-10,12H2,1H3,(H,18,20). The molecule has 1 fully saturated rings. The number of hydrogen-bond donors (Lipinski definition) is 2. The zero-order chi connectivity index (χ0) is 15.1. The first-order valence-electron chi connectivity index (χ1n) is 7.79. The van der Waals surface area contributed by atoms with E-state index < -0.39 is 0 Å². The average molecular weight is 291 g/mol. The van der Waals surface area contributed by atoms with Gasteiger partial charge in [-0.2, -0.15) is 0 Å². The number of aliphatic hydroxyl groups excluding tert-OH is 1. The zero-order valence-electron chi connectivity index (χ0n) is 12.7. The molecule has 0 heterocycles. The average Bonchev–Trinajstić information content (AvgIpc) is 2.46. The molecule has 0 aliphatic heterocycles. The second-order valence-electron chi connectivity index (χ2n) is 5.83. The highest BCUT2D eigenvalue weighted by atomic mass is 16.5. The Bertz CT molecular complexity index is 461. The van der Waals surface area contributed by atoms with Crippen molar-refractivity contribution in [2.45, 2.75) is 45.1 Å². The molecule has 1 amide bonds. The molecule has 0 saturated heterocycles. The molecule has 21 heavy (non-hydrogen) atoms. The second kappa shape index (κ2) is 8.03. The van der Waals surface area contributed by atoms with Crippen LogP contribution in [0.3, 0.4) is 0 Å². The van der Waals surface area contributed by atoms with E-state index in [9.17, 15) is 9.90 Å². The summed E-state index contributed by atoms with van der Waals surface area (Å²) in [5.41, 5.74) is 1.14. The lowest BCUT2D eigenvalue weighted by Crippen LogP contribution is -2.37. The monoisotopic (exact) mass is 291 g/mol. The lowest BCUT2D eigenvalue weighted by molar-refractivity contribution is -0.122. The maximum Gasteiger partial charge on any atom is 0.223 e. The SMILES string of the molecule is Cc1cccc(OCCC(=O)NCC2CCCCC2O)c1. The van der Waals surface area contributed by atoms with Crippen LogP contribution in [0.15, 0.2) is 24.3 Å². The van der Waals surface area contributed by atoms with E-state index in [0.29, 0.717) is 19.6 Å². The van der Waals surface area contributed by atoms with Gasteiger partial charge in [-0.05, 0) is 37.5 Å². The van der Waals surface area contributed by atoms with Crippen LogP contribution in [0.2, 0.25) is 0 Å².